The molecule has 7 heteroatoms. The Morgan fingerprint density at radius 1 is 1.20 bits per heavy atom. The molecule has 0 saturated carbocycles. The van der Waals surface area contributed by atoms with Gasteiger partial charge in [0.25, 0.3) is 5.91 Å². The third-order valence-electron chi connectivity index (χ3n) is 3.67. The lowest BCUT2D eigenvalue weighted by molar-refractivity contribution is 0.0952. The number of carbonyl (C=O) groups is 1. The molecule has 0 heterocycles. The van der Waals surface area contributed by atoms with Gasteiger partial charge in [-0.1, -0.05) is 28.1 Å². The first-order valence-electron chi connectivity index (χ1n) is 7.82. The van der Waals surface area contributed by atoms with Crippen LogP contribution < -0.4 is 10.3 Å². The van der Waals surface area contributed by atoms with Gasteiger partial charge in [-0.2, -0.15) is 5.10 Å². The molecule has 2 rings (SSSR count). The summed E-state index contributed by atoms with van der Waals surface area (Å²) in [7, 11) is 0. The lowest BCUT2D eigenvalue weighted by Crippen LogP contribution is -2.21. The minimum absolute atomic E-state index is 0.125. The number of benzene rings is 2. The molecule has 0 saturated heterocycles. The van der Waals surface area contributed by atoms with E-state index in [9.17, 15) is 9.90 Å². The van der Waals surface area contributed by atoms with Gasteiger partial charge in [0.2, 0.25) is 0 Å². The maximum atomic E-state index is 12.1. The molecule has 5 nitrogen and oxygen atoms in total. The van der Waals surface area contributed by atoms with Crippen LogP contribution in [0.15, 0.2) is 50.4 Å². The second-order valence-corrected chi connectivity index (χ2v) is 7.02. The summed E-state index contributed by atoms with van der Waals surface area (Å²) in [6.07, 6.45) is 1.56. The molecule has 0 unspecified atom stereocenters. The number of phenolic OH excluding ortho intramolecular Hbond substituents is 1. The van der Waals surface area contributed by atoms with Gasteiger partial charge < -0.3 is 10.0 Å². The Morgan fingerprint density at radius 2 is 1.84 bits per heavy atom. The molecular formula is C18H19Br2N3O2. The Balaban J connectivity index is 2.05. The quantitative estimate of drug-likeness (QED) is 0.483. The van der Waals surface area contributed by atoms with E-state index in [-0.39, 0.29) is 11.3 Å². The van der Waals surface area contributed by atoms with Crippen molar-refractivity contribution in [3.63, 3.8) is 0 Å². The first-order chi connectivity index (χ1) is 12.0. The van der Waals surface area contributed by atoms with E-state index in [0.717, 1.165) is 24.3 Å². The number of nitrogens with zero attached hydrogens (tertiary/aromatic N) is 2. The Labute approximate surface area is 164 Å². The molecule has 0 fully saturated rings. The molecule has 0 bridgehead atoms. The molecule has 0 aliphatic rings. The number of rotatable bonds is 6. The van der Waals surface area contributed by atoms with Gasteiger partial charge in [-0.25, -0.2) is 5.43 Å². The summed E-state index contributed by atoms with van der Waals surface area (Å²) in [6, 6.07) is 11.1. The van der Waals surface area contributed by atoms with Crippen molar-refractivity contribution in [1.82, 2.24) is 5.43 Å². The molecule has 25 heavy (non-hydrogen) atoms. The number of amides is 1. The Bertz CT molecular complexity index is 773. The highest BCUT2D eigenvalue weighted by Gasteiger charge is 2.14. The summed E-state index contributed by atoms with van der Waals surface area (Å²) in [5.74, 6) is -0.616. The number of hydrogen-bond donors (Lipinski definition) is 2. The van der Waals surface area contributed by atoms with Gasteiger partial charge in [0, 0.05) is 23.2 Å². The topological polar surface area (TPSA) is 64.9 Å². The van der Waals surface area contributed by atoms with Crippen LogP contribution in [0.25, 0.3) is 0 Å². The van der Waals surface area contributed by atoms with E-state index in [0.29, 0.717) is 8.95 Å². The van der Waals surface area contributed by atoms with Crippen LogP contribution in [0, 0.1) is 0 Å². The van der Waals surface area contributed by atoms with E-state index in [4.69, 9.17) is 0 Å². The minimum Gasteiger partial charge on any atom is -0.506 e. The molecule has 2 aromatic rings. The van der Waals surface area contributed by atoms with E-state index in [1.807, 2.05) is 24.3 Å². The molecule has 1 amide bonds. The summed E-state index contributed by atoms with van der Waals surface area (Å²) >= 11 is 6.48. The lowest BCUT2D eigenvalue weighted by Gasteiger charge is -2.20. The van der Waals surface area contributed by atoms with Crippen LogP contribution in [-0.2, 0) is 0 Å². The summed E-state index contributed by atoms with van der Waals surface area (Å²) in [4.78, 5) is 14.4. The predicted octanol–water partition coefficient (Wildman–Crippen LogP) is 4.53. The third-order valence-corrected chi connectivity index (χ3v) is 4.74. The van der Waals surface area contributed by atoms with Crippen molar-refractivity contribution in [3.8, 4) is 5.75 Å². The first-order valence-corrected chi connectivity index (χ1v) is 9.41. The van der Waals surface area contributed by atoms with E-state index >= 15 is 0 Å². The van der Waals surface area contributed by atoms with Crippen LogP contribution in [0.1, 0.15) is 29.8 Å². The monoisotopic (exact) mass is 467 g/mol. The van der Waals surface area contributed by atoms with E-state index in [1.54, 1.807) is 12.3 Å². The van der Waals surface area contributed by atoms with E-state index in [2.05, 4.69) is 61.1 Å². The van der Waals surface area contributed by atoms with Crippen LogP contribution in [-0.4, -0.2) is 30.3 Å². The molecule has 0 aromatic heterocycles. The van der Waals surface area contributed by atoms with Crippen LogP contribution in [0.4, 0.5) is 5.69 Å². The van der Waals surface area contributed by atoms with Gasteiger partial charge in [0.1, 0.15) is 5.75 Å². The average Bonchev–Trinajstić information content (AvgIpc) is 2.60. The van der Waals surface area contributed by atoms with Gasteiger partial charge in [-0.15, -0.1) is 0 Å². The molecule has 2 aromatic carbocycles. The number of carbonyl (C=O) groups excluding carboxylic acids is 1. The van der Waals surface area contributed by atoms with E-state index < -0.39 is 5.91 Å². The molecule has 0 aliphatic carbocycles. The molecular weight excluding hydrogens is 450 g/mol. The van der Waals surface area contributed by atoms with Crippen LogP contribution in [0.5, 0.6) is 5.75 Å². The number of halogens is 2. The Hall–Kier alpha value is -1.86. The maximum absolute atomic E-state index is 12.1. The summed E-state index contributed by atoms with van der Waals surface area (Å²) in [5.41, 5.74) is 4.57. The van der Waals surface area contributed by atoms with Gasteiger partial charge in [0.05, 0.1) is 16.3 Å². The number of phenols is 1. The Morgan fingerprint density at radius 3 is 2.44 bits per heavy atom. The second kappa shape index (κ2) is 9.01. The molecule has 0 aliphatic heterocycles. The molecule has 0 atom stereocenters. The number of anilines is 1. The number of hydrogen-bond acceptors (Lipinski definition) is 4. The fourth-order valence-corrected chi connectivity index (χ4v) is 3.55. The van der Waals surface area contributed by atoms with Gasteiger partial charge in [0.15, 0.2) is 0 Å². The fourth-order valence-electron chi connectivity index (χ4n) is 2.32. The van der Waals surface area contributed by atoms with Crippen molar-refractivity contribution in [3.05, 3.63) is 56.5 Å². The Kier molecular flexibility index (Phi) is 7.01. The van der Waals surface area contributed by atoms with Crippen molar-refractivity contribution >= 4 is 49.7 Å². The number of aromatic hydroxyl groups is 1. The normalized spacial score (nSPS) is 10.9. The first kappa shape index (κ1) is 19.5. The fraction of sp³-hybridized carbons (Fsp3) is 0.222. The zero-order valence-electron chi connectivity index (χ0n) is 14.0. The van der Waals surface area contributed by atoms with Gasteiger partial charge in [-0.05, 0) is 59.6 Å². The number of hydrazone groups is 1. The zero-order valence-corrected chi connectivity index (χ0v) is 17.1. The minimum atomic E-state index is -0.490. The highest BCUT2D eigenvalue weighted by atomic mass is 79.9. The highest BCUT2D eigenvalue weighted by molar-refractivity contribution is 9.11. The van der Waals surface area contributed by atoms with Crippen molar-refractivity contribution in [2.24, 2.45) is 5.10 Å². The zero-order chi connectivity index (χ0) is 18.4. The largest absolute Gasteiger partial charge is 0.506 e. The summed E-state index contributed by atoms with van der Waals surface area (Å²) < 4.78 is 1.11. The van der Waals surface area contributed by atoms with Crippen molar-refractivity contribution in [2.75, 3.05) is 18.0 Å². The maximum Gasteiger partial charge on any atom is 0.275 e. The standard InChI is InChI=1S/C18H19Br2N3O2/c1-3-23(4-2)14-7-5-12(6-8-14)11-21-22-18(25)15-9-13(19)10-16(20)17(15)24/h5-11,24H,3-4H2,1-2H3,(H,22,25)/b21-11+. The lowest BCUT2D eigenvalue weighted by atomic mass is 10.2. The SMILES string of the molecule is CCN(CC)c1ccc(/C=N/NC(=O)c2cc(Br)cc(Br)c2O)cc1. The highest BCUT2D eigenvalue weighted by Crippen LogP contribution is 2.31. The van der Waals surface area contributed by atoms with Crippen LogP contribution in [0.2, 0.25) is 0 Å². The van der Waals surface area contributed by atoms with E-state index in [1.165, 1.54) is 6.07 Å². The molecule has 132 valence electrons. The third kappa shape index (κ3) is 5.06. The average molecular weight is 469 g/mol. The van der Waals surface area contributed by atoms with Crippen LogP contribution in [0.3, 0.4) is 0 Å². The number of nitrogens with one attached hydrogen (secondary N) is 1. The van der Waals surface area contributed by atoms with Crippen molar-refractivity contribution < 1.29 is 9.90 Å². The summed E-state index contributed by atoms with van der Waals surface area (Å²) in [5, 5.41) is 13.9. The van der Waals surface area contributed by atoms with Crippen LogP contribution >= 0.6 is 31.9 Å². The smallest absolute Gasteiger partial charge is 0.275 e. The van der Waals surface area contributed by atoms with Gasteiger partial charge >= 0.3 is 0 Å². The molecule has 2 N–H and O–H groups in total. The second-order valence-electron chi connectivity index (χ2n) is 5.25. The predicted molar refractivity (Wildman–Crippen MR) is 109 cm³/mol. The van der Waals surface area contributed by atoms with Crippen molar-refractivity contribution in [1.29, 1.82) is 0 Å². The molecule has 0 radical (unpaired) electrons. The summed E-state index contributed by atoms with van der Waals surface area (Å²) in [6.45, 7) is 6.13. The molecule has 0 spiro atoms. The van der Waals surface area contributed by atoms with Gasteiger partial charge in [-0.3, -0.25) is 4.79 Å². The van der Waals surface area contributed by atoms with Crippen molar-refractivity contribution in [2.45, 2.75) is 13.8 Å².